The first-order chi connectivity index (χ1) is 7.77. The van der Waals surface area contributed by atoms with E-state index < -0.39 is 0 Å². The maximum Gasteiger partial charge on any atom is 0.167 e. The van der Waals surface area contributed by atoms with Gasteiger partial charge in [0.15, 0.2) is 5.78 Å². The fraction of sp³-hybridized carbons (Fsp3) is 0.133. The zero-order chi connectivity index (χ0) is 11.4. The van der Waals surface area contributed by atoms with Crippen LogP contribution in [-0.4, -0.2) is 5.78 Å². The predicted octanol–water partition coefficient (Wildman–Crippen LogP) is 3.84. The molecule has 0 saturated carbocycles. The third-order valence-electron chi connectivity index (χ3n) is 2.71. The van der Waals surface area contributed by atoms with Gasteiger partial charge in [-0.25, -0.2) is 0 Å². The lowest BCUT2D eigenvalue weighted by atomic mass is 10.00. The quantitative estimate of drug-likeness (QED) is 0.752. The van der Waals surface area contributed by atoms with Crippen molar-refractivity contribution in [2.45, 2.75) is 13.3 Å². The van der Waals surface area contributed by atoms with E-state index in [1.54, 1.807) is 0 Å². The summed E-state index contributed by atoms with van der Waals surface area (Å²) in [5.74, 6) is 0.176. The van der Waals surface area contributed by atoms with E-state index in [2.05, 4.69) is 0 Å². The van der Waals surface area contributed by atoms with Crippen molar-refractivity contribution in [3.05, 3.63) is 71.3 Å². The van der Waals surface area contributed by atoms with Gasteiger partial charge < -0.3 is 0 Å². The third kappa shape index (κ3) is 3.43. The van der Waals surface area contributed by atoms with Crippen molar-refractivity contribution in [3.63, 3.8) is 0 Å². The van der Waals surface area contributed by atoms with Crippen LogP contribution in [0.3, 0.4) is 0 Å². The number of halogens is 1. The minimum atomic E-state index is 0. The number of hydrogen-bond acceptors (Lipinski definition) is 1. The standard InChI is InChI=1S/C15H14O.ClH/c1-12-7-5-6-10-14(12)11-15(16)13-8-3-2-4-9-13;/h2-10H,11H2,1H3;1H. The molecule has 0 bridgehead atoms. The Bertz CT molecular complexity index is 491. The van der Waals surface area contributed by atoms with Gasteiger partial charge in [-0.2, -0.15) is 0 Å². The Morgan fingerprint density at radius 2 is 1.53 bits per heavy atom. The third-order valence-corrected chi connectivity index (χ3v) is 2.71. The van der Waals surface area contributed by atoms with E-state index in [0.717, 1.165) is 11.1 Å². The molecule has 1 nitrogen and oxygen atoms in total. The van der Waals surface area contributed by atoms with Crippen molar-refractivity contribution in [2.24, 2.45) is 0 Å². The Kier molecular flexibility index (Phi) is 4.92. The highest BCUT2D eigenvalue weighted by Crippen LogP contribution is 2.11. The van der Waals surface area contributed by atoms with E-state index in [1.807, 2.05) is 61.5 Å². The molecule has 2 rings (SSSR count). The van der Waals surface area contributed by atoms with E-state index in [9.17, 15) is 4.79 Å². The Hall–Kier alpha value is -1.60. The Balaban J connectivity index is 0.00000144. The summed E-state index contributed by atoms with van der Waals surface area (Å²) in [5.41, 5.74) is 3.06. The van der Waals surface area contributed by atoms with Crippen LogP contribution in [0.25, 0.3) is 0 Å². The van der Waals surface area contributed by atoms with Crippen molar-refractivity contribution in [2.75, 3.05) is 0 Å². The van der Waals surface area contributed by atoms with E-state index in [4.69, 9.17) is 0 Å². The molecule has 0 amide bonds. The zero-order valence-electron chi connectivity index (χ0n) is 9.72. The van der Waals surface area contributed by atoms with Crippen LogP contribution in [0.5, 0.6) is 0 Å². The van der Waals surface area contributed by atoms with Gasteiger partial charge in [0.05, 0.1) is 0 Å². The molecule has 0 aliphatic heterocycles. The van der Waals surface area contributed by atoms with Gasteiger partial charge >= 0.3 is 0 Å². The topological polar surface area (TPSA) is 17.1 Å². The number of carbonyl (C=O) groups is 1. The van der Waals surface area contributed by atoms with Crippen LogP contribution < -0.4 is 0 Å². The van der Waals surface area contributed by atoms with Crippen molar-refractivity contribution < 1.29 is 4.79 Å². The molecule has 0 radical (unpaired) electrons. The first-order valence-corrected chi connectivity index (χ1v) is 5.40. The van der Waals surface area contributed by atoms with Crippen LogP contribution in [0.4, 0.5) is 0 Å². The molecule has 0 unspecified atom stereocenters. The molecule has 88 valence electrons. The van der Waals surface area contributed by atoms with Crippen LogP contribution in [0, 0.1) is 6.92 Å². The van der Waals surface area contributed by atoms with Crippen molar-refractivity contribution in [3.8, 4) is 0 Å². The number of rotatable bonds is 3. The minimum Gasteiger partial charge on any atom is -0.294 e. The molecule has 0 aromatic heterocycles. The maximum absolute atomic E-state index is 12.0. The zero-order valence-corrected chi connectivity index (χ0v) is 10.5. The van der Waals surface area contributed by atoms with Gasteiger partial charge in [0, 0.05) is 12.0 Å². The van der Waals surface area contributed by atoms with Crippen LogP contribution in [0.15, 0.2) is 54.6 Å². The lowest BCUT2D eigenvalue weighted by Crippen LogP contribution is -2.04. The average molecular weight is 247 g/mol. The van der Waals surface area contributed by atoms with Gasteiger partial charge in [-0.3, -0.25) is 4.79 Å². The summed E-state index contributed by atoms with van der Waals surface area (Å²) >= 11 is 0. The highest BCUT2D eigenvalue weighted by atomic mass is 35.5. The molecule has 0 saturated heterocycles. The summed E-state index contributed by atoms with van der Waals surface area (Å²) in [6, 6.07) is 17.4. The molecule has 2 aromatic rings. The minimum absolute atomic E-state index is 0. The number of Topliss-reactive ketones (excluding diaryl/α,β-unsaturated/α-hetero) is 1. The highest BCUT2D eigenvalue weighted by Gasteiger charge is 2.07. The molecule has 0 atom stereocenters. The molecule has 0 heterocycles. The van der Waals surface area contributed by atoms with E-state index in [-0.39, 0.29) is 18.2 Å². The largest absolute Gasteiger partial charge is 0.294 e. The second-order valence-electron chi connectivity index (χ2n) is 3.89. The highest BCUT2D eigenvalue weighted by molar-refractivity contribution is 5.97. The average Bonchev–Trinajstić information content (AvgIpc) is 2.33. The second kappa shape index (κ2) is 6.21. The molecule has 17 heavy (non-hydrogen) atoms. The SMILES string of the molecule is Cc1ccccc1CC(=O)c1ccccc1.Cl. The van der Waals surface area contributed by atoms with E-state index >= 15 is 0 Å². The molecule has 0 fully saturated rings. The van der Waals surface area contributed by atoms with Gasteiger partial charge in [-0.05, 0) is 18.1 Å². The summed E-state index contributed by atoms with van der Waals surface area (Å²) in [5, 5.41) is 0. The van der Waals surface area contributed by atoms with Gasteiger partial charge in [-0.1, -0.05) is 54.6 Å². The lowest BCUT2D eigenvalue weighted by Gasteiger charge is -2.04. The van der Waals surface area contributed by atoms with Gasteiger partial charge in [0.25, 0.3) is 0 Å². The fourth-order valence-electron chi connectivity index (χ4n) is 1.71. The van der Waals surface area contributed by atoms with Gasteiger partial charge in [0.1, 0.15) is 0 Å². The fourth-order valence-corrected chi connectivity index (χ4v) is 1.71. The Morgan fingerprint density at radius 3 is 2.18 bits per heavy atom. The van der Waals surface area contributed by atoms with Gasteiger partial charge in [-0.15, -0.1) is 12.4 Å². The van der Waals surface area contributed by atoms with Crippen molar-refractivity contribution in [1.82, 2.24) is 0 Å². The van der Waals surface area contributed by atoms with Crippen molar-refractivity contribution >= 4 is 18.2 Å². The Labute approximate surface area is 108 Å². The normalized spacial score (nSPS) is 9.47. The van der Waals surface area contributed by atoms with E-state index in [0.29, 0.717) is 6.42 Å². The molecule has 0 aliphatic rings. The first-order valence-electron chi connectivity index (χ1n) is 5.40. The van der Waals surface area contributed by atoms with Crippen LogP contribution in [0.2, 0.25) is 0 Å². The molecular weight excluding hydrogens is 232 g/mol. The second-order valence-corrected chi connectivity index (χ2v) is 3.89. The van der Waals surface area contributed by atoms with E-state index in [1.165, 1.54) is 5.56 Å². The summed E-state index contributed by atoms with van der Waals surface area (Å²) < 4.78 is 0. The number of aryl methyl sites for hydroxylation is 1. The first kappa shape index (κ1) is 13.5. The molecule has 0 spiro atoms. The molecule has 2 aromatic carbocycles. The molecule has 0 aliphatic carbocycles. The maximum atomic E-state index is 12.0. The number of ketones is 1. The van der Waals surface area contributed by atoms with Crippen molar-refractivity contribution in [1.29, 1.82) is 0 Å². The smallest absolute Gasteiger partial charge is 0.167 e. The van der Waals surface area contributed by atoms with Crippen LogP contribution in [-0.2, 0) is 6.42 Å². The predicted molar refractivity (Wildman–Crippen MR) is 72.9 cm³/mol. The summed E-state index contributed by atoms with van der Waals surface area (Å²) in [4.78, 5) is 12.0. The Morgan fingerprint density at radius 1 is 0.941 bits per heavy atom. The molecule has 0 N–H and O–H groups in total. The lowest BCUT2D eigenvalue weighted by molar-refractivity contribution is 0.0993. The summed E-state index contributed by atoms with van der Waals surface area (Å²) in [6.45, 7) is 2.04. The van der Waals surface area contributed by atoms with Crippen LogP contribution >= 0.6 is 12.4 Å². The van der Waals surface area contributed by atoms with Crippen LogP contribution in [0.1, 0.15) is 21.5 Å². The summed E-state index contributed by atoms with van der Waals surface area (Å²) in [6.07, 6.45) is 0.483. The number of hydrogen-bond donors (Lipinski definition) is 0. The number of benzene rings is 2. The molecular formula is C15H15ClO. The monoisotopic (exact) mass is 246 g/mol. The summed E-state index contributed by atoms with van der Waals surface area (Å²) in [7, 11) is 0. The van der Waals surface area contributed by atoms with Gasteiger partial charge in [0.2, 0.25) is 0 Å². The number of carbonyl (C=O) groups excluding carboxylic acids is 1. The molecule has 2 heteroatoms.